The molecule has 0 saturated carbocycles. The molecule has 5 nitrogen and oxygen atoms in total. The van der Waals surface area contributed by atoms with Crippen LogP contribution in [0.25, 0.3) is 5.52 Å². The third-order valence-electron chi connectivity index (χ3n) is 1.78. The number of carbonyl (C=O) groups excluding carboxylic acids is 1. The number of carbonyl (C=O) groups is 1. The molecule has 0 aliphatic carbocycles. The average molecular weight is 176 g/mol. The Labute approximate surface area is 74.4 Å². The Hall–Kier alpha value is -1.91. The Balaban J connectivity index is 2.64. The van der Waals surface area contributed by atoms with Crippen LogP contribution in [-0.2, 0) is 0 Å². The van der Waals surface area contributed by atoms with Crippen LogP contribution in [-0.4, -0.2) is 27.8 Å². The second-order valence-electron chi connectivity index (χ2n) is 2.54. The normalized spacial score (nSPS) is 10.2. The van der Waals surface area contributed by atoms with E-state index in [9.17, 15) is 4.79 Å². The quantitative estimate of drug-likeness (QED) is 0.669. The Kier molecular flexibility index (Phi) is 1.70. The minimum Gasteiger partial charge on any atom is -0.355 e. The molecule has 1 amide bonds. The van der Waals surface area contributed by atoms with Crippen molar-refractivity contribution in [2.24, 2.45) is 0 Å². The smallest absolute Gasteiger partial charge is 0.254 e. The molecule has 2 rings (SSSR count). The van der Waals surface area contributed by atoms with Crippen molar-refractivity contribution in [3.05, 3.63) is 30.1 Å². The Morgan fingerprint density at radius 2 is 2.38 bits per heavy atom. The maximum absolute atomic E-state index is 11.3. The third kappa shape index (κ3) is 1.14. The molecule has 0 aliphatic heterocycles. The molecule has 13 heavy (non-hydrogen) atoms. The molecular formula is C8H8N4O. The van der Waals surface area contributed by atoms with Gasteiger partial charge in [0, 0.05) is 13.2 Å². The summed E-state index contributed by atoms with van der Waals surface area (Å²) in [6.07, 6.45) is 3.12. The van der Waals surface area contributed by atoms with Crippen LogP contribution < -0.4 is 5.32 Å². The van der Waals surface area contributed by atoms with Crippen molar-refractivity contribution in [3.63, 3.8) is 0 Å². The van der Waals surface area contributed by atoms with Gasteiger partial charge in [0.2, 0.25) is 0 Å². The molecule has 1 N–H and O–H groups in total. The molecule has 0 radical (unpaired) electrons. The number of nitrogens with one attached hydrogen (secondary N) is 1. The summed E-state index contributed by atoms with van der Waals surface area (Å²) in [6.45, 7) is 0. The molecular weight excluding hydrogens is 168 g/mol. The van der Waals surface area contributed by atoms with E-state index in [0.29, 0.717) is 11.1 Å². The first-order valence-electron chi connectivity index (χ1n) is 3.84. The summed E-state index contributed by atoms with van der Waals surface area (Å²) in [6, 6.07) is 3.56. The average Bonchev–Trinajstić information content (AvgIpc) is 2.60. The van der Waals surface area contributed by atoms with E-state index in [0.717, 1.165) is 0 Å². The zero-order chi connectivity index (χ0) is 9.26. The molecule has 66 valence electrons. The van der Waals surface area contributed by atoms with Crippen LogP contribution in [0.2, 0.25) is 0 Å². The first kappa shape index (κ1) is 7.72. The van der Waals surface area contributed by atoms with Gasteiger partial charge in [-0.3, -0.25) is 4.79 Å². The molecule has 2 aromatic rings. The van der Waals surface area contributed by atoms with Crippen LogP contribution in [0.15, 0.2) is 24.5 Å². The molecule has 0 spiro atoms. The molecule has 0 aliphatic rings. The van der Waals surface area contributed by atoms with Gasteiger partial charge in [0.15, 0.2) is 0 Å². The summed E-state index contributed by atoms with van der Waals surface area (Å²) in [5.41, 5.74) is 1.25. The van der Waals surface area contributed by atoms with E-state index >= 15 is 0 Å². The lowest BCUT2D eigenvalue weighted by atomic mass is 10.2. The van der Waals surface area contributed by atoms with E-state index in [4.69, 9.17) is 0 Å². The van der Waals surface area contributed by atoms with Crippen molar-refractivity contribution in [1.29, 1.82) is 0 Å². The van der Waals surface area contributed by atoms with E-state index in [1.165, 1.54) is 10.8 Å². The van der Waals surface area contributed by atoms with Gasteiger partial charge in [-0.15, -0.1) is 0 Å². The summed E-state index contributed by atoms with van der Waals surface area (Å²) in [5, 5.41) is 10.4. The number of aromatic nitrogens is 3. The van der Waals surface area contributed by atoms with Crippen LogP contribution in [0.4, 0.5) is 0 Å². The Bertz CT molecular complexity index is 448. The van der Waals surface area contributed by atoms with Crippen molar-refractivity contribution < 1.29 is 4.79 Å². The van der Waals surface area contributed by atoms with Gasteiger partial charge >= 0.3 is 0 Å². The van der Waals surface area contributed by atoms with Gasteiger partial charge in [0.25, 0.3) is 5.91 Å². The Morgan fingerprint density at radius 3 is 3.15 bits per heavy atom. The maximum Gasteiger partial charge on any atom is 0.254 e. The standard InChI is InChI=1S/C8H8N4O/c1-9-8(13)6-5-11-12-7(6)3-2-4-10-12/h2-5H,1H3,(H,9,13). The van der Waals surface area contributed by atoms with Gasteiger partial charge in [-0.25, -0.2) is 0 Å². The Morgan fingerprint density at radius 1 is 1.54 bits per heavy atom. The molecule has 2 aromatic heterocycles. The van der Waals surface area contributed by atoms with Gasteiger partial charge in [-0.2, -0.15) is 14.8 Å². The number of rotatable bonds is 1. The van der Waals surface area contributed by atoms with Gasteiger partial charge in [0.1, 0.15) is 5.52 Å². The van der Waals surface area contributed by atoms with Gasteiger partial charge in [0.05, 0.1) is 11.8 Å². The largest absolute Gasteiger partial charge is 0.355 e. The third-order valence-corrected chi connectivity index (χ3v) is 1.78. The lowest BCUT2D eigenvalue weighted by Gasteiger charge is -1.95. The molecule has 0 unspecified atom stereocenters. The van der Waals surface area contributed by atoms with Crippen molar-refractivity contribution in [3.8, 4) is 0 Å². The molecule has 5 heteroatoms. The summed E-state index contributed by atoms with van der Waals surface area (Å²) in [7, 11) is 1.59. The fraction of sp³-hybridized carbons (Fsp3) is 0.125. The van der Waals surface area contributed by atoms with Gasteiger partial charge in [-0.1, -0.05) is 0 Å². The van der Waals surface area contributed by atoms with E-state index in [1.807, 2.05) is 0 Å². The number of fused-ring (bicyclic) bond motifs is 1. The van der Waals surface area contributed by atoms with E-state index in [2.05, 4.69) is 15.5 Å². The number of hydrogen-bond acceptors (Lipinski definition) is 3. The molecule has 0 atom stereocenters. The minimum absolute atomic E-state index is 0.150. The van der Waals surface area contributed by atoms with E-state index < -0.39 is 0 Å². The molecule has 0 aromatic carbocycles. The van der Waals surface area contributed by atoms with Crippen LogP contribution in [0.1, 0.15) is 10.4 Å². The van der Waals surface area contributed by atoms with E-state index in [-0.39, 0.29) is 5.91 Å². The molecule has 0 saturated heterocycles. The lowest BCUT2D eigenvalue weighted by Crippen LogP contribution is -2.17. The topological polar surface area (TPSA) is 59.3 Å². The van der Waals surface area contributed by atoms with Gasteiger partial charge < -0.3 is 5.32 Å². The SMILES string of the molecule is CNC(=O)c1cnn2ncccc12. The monoisotopic (exact) mass is 176 g/mol. The zero-order valence-electron chi connectivity index (χ0n) is 7.06. The fourth-order valence-corrected chi connectivity index (χ4v) is 1.14. The first-order valence-corrected chi connectivity index (χ1v) is 3.84. The fourth-order valence-electron chi connectivity index (χ4n) is 1.14. The zero-order valence-corrected chi connectivity index (χ0v) is 7.06. The summed E-state index contributed by atoms with van der Waals surface area (Å²) >= 11 is 0. The second-order valence-corrected chi connectivity index (χ2v) is 2.54. The summed E-state index contributed by atoms with van der Waals surface area (Å²) in [5.74, 6) is -0.150. The van der Waals surface area contributed by atoms with Crippen LogP contribution in [0.5, 0.6) is 0 Å². The van der Waals surface area contributed by atoms with Gasteiger partial charge in [-0.05, 0) is 12.1 Å². The maximum atomic E-state index is 11.3. The van der Waals surface area contributed by atoms with Crippen molar-refractivity contribution >= 4 is 11.4 Å². The predicted octanol–water partition coefficient (Wildman–Crippen LogP) is 0.0889. The highest BCUT2D eigenvalue weighted by Gasteiger charge is 2.10. The highest BCUT2D eigenvalue weighted by molar-refractivity contribution is 6.00. The molecule has 2 heterocycles. The second kappa shape index (κ2) is 2.85. The molecule has 0 fully saturated rings. The highest BCUT2D eigenvalue weighted by Crippen LogP contribution is 2.07. The highest BCUT2D eigenvalue weighted by atomic mass is 16.1. The number of hydrogen-bond donors (Lipinski definition) is 1. The van der Waals surface area contributed by atoms with Crippen molar-refractivity contribution in [2.75, 3.05) is 7.05 Å². The van der Waals surface area contributed by atoms with Crippen LogP contribution in [0, 0.1) is 0 Å². The first-order chi connectivity index (χ1) is 6.33. The van der Waals surface area contributed by atoms with Crippen LogP contribution >= 0.6 is 0 Å². The van der Waals surface area contributed by atoms with E-state index in [1.54, 1.807) is 25.4 Å². The predicted molar refractivity (Wildman–Crippen MR) is 46.4 cm³/mol. The van der Waals surface area contributed by atoms with Crippen LogP contribution in [0.3, 0.4) is 0 Å². The minimum atomic E-state index is -0.150. The number of nitrogens with zero attached hydrogens (tertiary/aromatic N) is 3. The summed E-state index contributed by atoms with van der Waals surface area (Å²) < 4.78 is 1.42. The summed E-state index contributed by atoms with van der Waals surface area (Å²) in [4.78, 5) is 11.3. The number of amides is 1. The lowest BCUT2D eigenvalue weighted by molar-refractivity contribution is 0.0964. The van der Waals surface area contributed by atoms with Crippen molar-refractivity contribution in [2.45, 2.75) is 0 Å². The molecule has 0 bridgehead atoms. The van der Waals surface area contributed by atoms with Crippen molar-refractivity contribution in [1.82, 2.24) is 20.1 Å².